The Morgan fingerprint density at radius 1 is 1.27 bits per heavy atom. The number of aldehydes is 1. The van der Waals surface area contributed by atoms with E-state index < -0.39 is 0 Å². The molecule has 1 saturated carbocycles. The van der Waals surface area contributed by atoms with Gasteiger partial charge in [-0.05, 0) is 67.7 Å². The minimum atomic E-state index is 0.277. The van der Waals surface area contributed by atoms with Crippen LogP contribution in [0.2, 0.25) is 0 Å². The van der Waals surface area contributed by atoms with Gasteiger partial charge in [0.2, 0.25) is 0 Å². The predicted octanol–water partition coefficient (Wildman–Crippen LogP) is 5.25. The van der Waals surface area contributed by atoms with E-state index in [1.54, 1.807) is 0 Å². The molecule has 33 heavy (non-hydrogen) atoms. The molecule has 1 aliphatic heterocycles. The van der Waals surface area contributed by atoms with Crippen molar-refractivity contribution < 1.29 is 14.3 Å². The molecule has 6 heteroatoms. The van der Waals surface area contributed by atoms with E-state index in [2.05, 4.69) is 60.4 Å². The average Bonchev–Trinajstić information content (AvgIpc) is 3.30. The second kappa shape index (κ2) is 15.3. The van der Waals surface area contributed by atoms with Gasteiger partial charge in [0.1, 0.15) is 25.3 Å². The van der Waals surface area contributed by atoms with Crippen LogP contribution in [-0.4, -0.2) is 45.2 Å². The maximum absolute atomic E-state index is 10.5. The molecule has 6 nitrogen and oxygen atoms in total. The third-order valence-corrected chi connectivity index (χ3v) is 6.11. The SMILES string of the molecule is C=C/C(=C\C/C=C1\COCCO1)C(C)NC1CC[C@H](c2ccc(CCC=O)cc2)C1.CN=O. The molecule has 1 saturated heterocycles. The molecule has 180 valence electrons. The zero-order valence-electron chi connectivity index (χ0n) is 20.0. The summed E-state index contributed by atoms with van der Waals surface area (Å²) < 4.78 is 11.0. The molecule has 3 atom stereocenters. The third kappa shape index (κ3) is 9.44. The van der Waals surface area contributed by atoms with Gasteiger partial charge in [0, 0.05) is 18.5 Å². The summed E-state index contributed by atoms with van der Waals surface area (Å²) in [6.45, 7) is 8.13. The van der Waals surface area contributed by atoms with E-state index in [1.165, 1.54) is 36.6 Å². The van der Waals surface area contributed by atoms with Crippen molar-refractivity contribution in [2.45, 2.75) is 63.5 Å². The van der Waals surface area contributed by atoms with Crippen molar-refractivity contribution in [2.24, 2.45) is 5.18 Å². The fourth-order valence-corrected chi connectivity index (χ4v) is 4.39. The third-order valence-electron chi connectivity index (χ3n) is 6.11. The maximum Gasteiger partial charge on any atom is 0.120 e. The van der Waals surface area contributed by atoms with Gasteiger partial charge in [-0.2, -0.15) is 4.91 Å². The number of allylic oxidation sites excluding steroid dienone is 2. The van der Waals surface area contributed by atoms with Crippen molar-refractivity contribution in [3.8, 4) is 0 Å². The van der Waals surface area contributed by atoms with Gasteiger partial charge in [0.15, 0.2) is 0 Å². The maximum atomic E-state index is 10.5. The minimum absolute atomic E-state index is 0.277. The molecule has 0 spiro atoms. The number of carbonyl (C=O) groups is 1. The van der Waals surface area contributed by atoms with E-state index in [-0.39, 0.29) is 6.04 Å². The Hall–Kier alpha value is -2.57. The highest BCUT2D eigenvalue weighted by molar-refractivity contribution is 5.50. The lowest BCUT2D eigenvalue weighted by atomic mass is 9.95. The van der Waals surface area contributed by atoms with E-state index in [0.29, 0.717) is 38.2 Å². The highest BCUT2D eigenvalue weighted by Crippen LogP contribution is 2.35. The summed E-state index contributed by atoms with van der Waals surface area (Å²) in [4.78, 5) is 19.1. The first-order valence-electron chi connectivity index (χ1n) is 11.8. The zero-order chi connectivity index (χ0) is 23.9. The van der Waals surface area contributed by atoms with Crippen molar-refractivity contribution in [3.63, 3.8) is 0 Å². The van der Waals surface area contributed by atoms with Crippen LogP contribution in [0.15, 0.2) is 65.6 Å². The van der Waals surface area contributed by atoms with Gasteiger partial charge in [-0.3, -0.25) is 0 Å². The number of aryl methyl sites for hydroxylation is 1. The van der Waals surface area contributed by atoms with Crippen LogP contribution >= 0.6 is 0 Å². The molecule has 2 aliphatic rings. The molecular weight excluding hydrogens is 416 g/mol. The average molecular weight is 455 g/mol. The van der Waals surface area contributed by atoms with Gasteiger partial charge in [0.25, 0.3) is 0 Å². The van der Waals surface area contributed by atoms with Gasteiger partial charge >= 0.3 is 0 Å². The number of nitrogens with zero attached hydrogens (tertiary/aromatic N) is 1. The zero-order valence-corrected chi connectivity index (χ0v) is 20.0. The molecule has 1 aromatic carbocycles. The van der Waals surface area contributed by atoms with Crippen LogP contribution in [0, 0.1) is 4.91 Å². The first-order chi connectivity index (χ1) is 16.1. The first kappa shape index (κ1) is 26.7. The number of benzene rings is 1. The topological polar surface area (TPSA) is 77.0 Å². The largest absolute Gasteiger partial charge is 0.493 e. The number of nitrogens with one attached hydrogen (secondary N) is 1. The standard InChI is InChI=1S/C26H35NO3.CH3NO/c1-3-22(7-4-8-26-19-29-16-17-30-26)20(2)27-25-14-13-24(18-25)23-11-9-21(10-12-23)6-5-15-28;1-2-3/h3,7-12,15,20,24-25,27H,1,4-6,13-14,16-19H2,2H3;1H3/b22-7+,26-8+;/t20?,24-,25?;/m0./s1. The number of hydrogen-bond donors (Lipinski definition) is 1. The van der Waals surface area contributed by atoms with E-state index in [9.17, 15) is 4.79 Å². The smallest absolute Gasteiger partial charge is 0.120 e. The first-order valence-corrected chi connectivity index (χ1v) is 11.8. The molecular formula is C27H38N2O4. The Morgan fingerprint density at radius 3 is 2.67 bits per heavy atom. The van der Waals surface area contributed by atoms with Crippen LogP contribution < -0.4 is 5.32 Å². The number of nitroso groups, excluding NO2 is 1. The van der Waals surface area contributed by atoms with Gasteiger partial charge in [-0.15, -0.1) is 0 Å². The van der Waals surface area contributed by atoms with E-state index in [0.717, 1.165) is 31.3 Å². The molecule has 1 aliphatic carbocycles. The quantitative estimate of drug-likeness (QED) is 0.297. The van der Waals surface area contributed by atoms with Crippen LogP contribution in [0.3, 0.4) is 0 Å². The van der Waals surface area contributed by atoms with Crippen LogP contribution in [0.1, 0.15) is 56.1 Å². The summed E-state index contributed by atoms with van der Waals surface area (Å²) in [6.07, 6.45) is 13.1. The van der Waals surface area contributed by atoms with Crippen LogP contribution in [0.5, 0.6) is 0 Å². The van der Waals surface area contributed by atoms with Crippen LogP contribution in [0.25, 0.3) is 0 Å². The van der Waals surface area contributed by atoms with E-state index >= 15 is 0 Å². The molecule has 0 radical (unpaired) electrons. The highest BCUT2D eigenvalue weighted by Gasteiger charge is 2.27. The van der Waals surface area contributed by atoms with Crippen molar-refractivity contribution in [3.05, 3.63) is 76.4 Å². The second-order valence-corrected chi connectivity index (χ2v) is 8.44. The lowest BCUT2D eigenvalue weighted by molar-refractivity contribution is -0.107. The fourth-order valence-electron chi connectivity index (χ4n) is 4.39. The van der Waals surface area contributed by atoms with Crippen LogP contribution in [-0.2, 0) is 20.7 Å². The minimum Gasteiger partial charge on any atom is -0.493 e. The van der Waals surface area contributed by atoms with E-state index in [4.69, 9.17) is 14.4 Å². The summed E-state index contributed by atoms with van der Waals surface area (Å²) in [5, 5.41) is 6.05. The van der Waals surface area contributed by atoms with Crippen molar-refractivity contribution >= 4 is 6.29 Å². The Morgan fingerprint density at radius 2 is 2.03 bits per heavy atom. The van der Waals surface area contributed by atoms with Crippen LogP contribution in [0.4, 0.5) is 0 Å². The highest BCUT2D eigenvalue weighted by atomic mass is 16.6. The molecule has 1 aromatic rings. The summed E-state index contributed by atoms with van der Waals surface area (Å²) >= 11 is 0. The molecule has 0 aromatic heterocycles. The van der Waals surface area contributed by atoms with Gasteiger partial charge in [-0.25, -0.2) is 0 Å². The number of rotatable bonds is 10. The summed E-state index contributed by atoms with van der Waals surface area (Å²) in [6, 6.07) is 9.65. The molecule has 0 amide bonds. The van der Waals surface area contributed by atoms with Crippen molar-refractivity contribution in [2.75, 3.05) is 26.9 Å². The molecule has 2 fully saturated rings. The molecule has 0 bridgehead atoms. The van der Waals surface area contributed by atoms with E-state index in [1.807, 2.05) is 6.08 Å². The van der Waals surface area contributed by atoms with Gasteiger partial charge in [-0.1, -0.05) is 48.2 Å². The fraction of sp³-hybridized carbons (Fsp3) is 0.519. The Balaban J connectivity index is 0.00000122. The summed E-state index contributed by atoms with van der Waals surface area (Å²) in [7, 11) is 1.19. The lowest BCUT2D eigenvalue weighted by Gasteiger charge is -2.21. The monoisotopic (exact) mass is 454 g/mol. The summed E-state index contributed by atoms with van der Waals surface area (Å²) in [5.74, 6) is 1.54. The Labute approximate surface area is 198 Å². The van der Waals surface area contributed by atoms with Crippen molar-refractivity contribution in [1.29, 1.82) is 0 Å². The summed E-state index contributed by atoms with van der Waals surface area (Å²) in [5.41, 5.74) is 3.89. The normalized spacial score (nSPS) is 22.6. The Kier molecular flexibility index (Phi) is 12.4. The predicted molar refractivity (Wildman–Crippen MR) is 133 cm³/mol. The molecule has 1 N–H and O–H groups in total. The van der Waals surface area contributed by atoms with Gasteiger partial charge in [0.05, 0.1) is 13.7 Å². The number of ether oxygens (including phenoxy) is 2. The number of hydrogen-bond acceptors (Lipinski definition) is 6. The molecule has 1 heterocycles. The lowest BCUT2D eigenvalue weighted by Crippen LogP contribution is -2.35. The molecule has 2 unspecified atom stereocenters. The Bertz CT molecular complexity index is 793. The van der Waals surface area contributed by atoms with Crippen molar-refractivity contribution in [1.82, 2.24) is 5.32 Å². The van der Waals surface area contributed by atoms with Gasteiger partial charge < -0.3 is 19.6 Å². The number of carbonyl (C=O) groups excluding carboxylic acids is 1. The second-order valence-electron chi connectivity index (χ2n) is 8.44. The molecule has 3 rings (SSSR count).